The number of aryl methyl sites for hydroxylation is 2. The van der Waals surface area contributed by atoms with Crippen LogP contribution in [0.2, 0.25) is 0 Å². The Kier molecular flexibility index (Phi) is 7.81. The van der Waals surface area contributed by atoms with Gasteiger partial charge in [-0.15, -0.1) is 11.8 Å². The Morgan fingerprint density at radius 3 is 2.14 bits per heavy atom. The molecule has 0 bridgehead atoms. The fourth-order valence-corrected chi connectivity index (χ4v) is 3.23. The number of Topliss-reactive ketones (excluding diaryl/α,β-unsaturated/α-hetero) is 1. The van der Waals surface area contributed by atoms with Crippen LogP contribution in [0.3, 0.4) is 0 Å². The molecule has 2 rings (SSSR count). The average Bonchev–Trinajstić information content (AvgIpc) is 2.68. The molecule has 6 heteroatoms. The molecule has 0 atom stereocenters. The fourth-order valence-electron chi connectivity index (χ4n) is 2.83. The third kappa shape index (κ3) is 5.96. The van der Waals surface area contributed by atoms with Crippen LogP contribution in [0.15, 0.2) is 47.4 Å². The second-order valence-corrected chi connectivity index (χ2v) is 7.60. The van der Waals surface area contributed by atoms with Gasteiger partial charge in [-0.3, -0.25) is 14.4 Å². The van der Waals surface area contributed by atoms with Gasteiger partial charge >= 0.3 is 0 Å². The summed E-state index contributed by atoms with van der Waals surface area (Å²) in [4.78, 5) is 39.3. The van der Waals surface area contributed by atoms with Gasteiger partial charge in [0.15, 0.2) is 5.78 Å². The molecule has 2 aromatic carbocycles. The van der Waals surface area contributed by atoms with Gasteiger partial charge in [0.2, 0.25) is 11.8 Å². The maximum atomic E-state index is 12.3. The monoisotopic (exact) mass is 398 g/mol. The molecular weight excluding hydrogens is 372 g/mol. The molecule has 0 spiro atoms. The van der Waals surface area contributed by atoms with Crippen molar-refractivity contribution in [1.29, 1.82) is 0 Å². The third-order valence-corrected chi connectivity index (χ3v) is 5.27. The number of hydrogen-bond donors (Lipinski definition) is 1. The number of nitrogens with one attached hydrogen (secondary N) is 1. The van der Waals surface area contributed by atoms with Crippen molar-refractivity contribution < 1.29 is 14.4 Å². The molecule has 0 saturated carbocycles. The minimum absolute atomic E-state index is 0.0524. The van der Waals surface area contributed by atoms with Gasteiger partial charge in [-0.2, -0.15) is 0 Å². The van der Waals surface area contributed by atoms with Gasteiger partial charge in [0, 0.05) is 36.0 Å². The summed E-state index contributed by atoms with van der Waals surface area (Å²) in [7, 11) is 1.57. The van der Waals surface area contributed by atoms with Crippen molar-refractivity contribution in [2.24, 2.45) is 0 Å². The molecule has 0 aliphatic heterocycles. The van der Waals surface area contributed by atoms with Crippen molar-refractivity contribution in [3.8, 4) is 0 Å². The molecule has 1 N–H and O–H groups in total. The van der Waals surface area contributed by atoms with Crippen molar-refractivity contribution >= 4 is 35.0 Å². The summed E-state index contributed by atoms with van der Waals surface area (Å²) in [6, 6.07) is 13.1. The lowest BCUT2D eigenvalue weighted by Gasteiger charge is -2.18. The topological polar surface area (TPSA) is 66.5 Å². The van der Waals surface area contributed by atoms with Crippen LogP contribution in [-0.2, 0) is 9.59 Å². The summed E-state index contributed by atoms with van der Waals surface area (Å²) in [6.45, 7) is 3.80. The summed E-state index contributed by atoms with van der Waals surface area (Å²) in [5.41, 5.74) is 3.32. The number of hydrogen-bond acceptors (Lipinski definition) is 4. The van der Waals surface area contributed by atoms with E-state index in [-0.39, 0.29) is 37.0 Å². The van der Waals surface area contributed by atoms with Gasteiger partial charge in [0.1, 0.15) is 0 Å². The van der Waals surface area contributed by atoms with E-state index in [1.165, 1.54) is 4.90 Å². The smallest absolute Gasteiger partial charge is 0.243 e. The number of carbonyl (C=O) groups excluding carboxylic acids is 3. The van der Waals surface area contributed by atoms with Gasteiger partial charge in [0.25, 0.3) is 0 Å². The average molecular weight is 399 g/mol. The van der Waals surface area contributed by atoms with Gasteiger partial charge in [-0.1, -0.05) is 30.3 Å². The van der Waals surface area contributed by atoms with Gasteiger partial charge in [-0.25, -0.2) is 0 Å². The molecular formula is C22H26N2O3S. The highest BCUT2D eigenvalue weighted by atomic mass is 32.2. The molecule has 0 aromatic heterocycles. The Hall–Kier alpha value is -2.60. The molecule has 0 saturated heterocycles. The molecule has 5 nitrogen and oxygen atoms in total. The lowest BCUT2D eigenvalue weighted by atomic mass is 10.1. The van der Waals surface area contributed by atoms with Gasteiger partial charge in [0.05, 0.1) is 6.54 Å². The van der Waals surface area contributed by atoms with E-state index in [1.807, 2.05) is 50.4 Å². The highest BCUT2D eigenvalue weighted by molar-refractivity contribution is 7.98. The number of anilines is 1. The summed E-state index contributed by atoms with van der Waals surface area (Å²) in [5.74, 6) is -0.563. The zero-order valence-electron chi connectivity index (χ0n) is 16.7. The minimum Gasteiger partial charge on any atom is -0.336 e. The number of amides is 2. The van der Waals surface area contributed by atoms with Crippen molar-refractivity contribution in [3.63, 3.8) is 0 Å². The van der Waals surface area contributed by atoms with Crippen molar-refractivity contribution in [2.45, 2.75) is 31.6 Å². The maximum Gasteiger partial charge on any atom is 0.243 e. The number of benzene rings is 2. The highest BCUT2D eigenvalue weighted by Crippen LogP contribution is 2.19. The van der Waals surface area contributed by atoms with Crippen LogP contribution in [-0.4, -0.2) is 42.3 Å². The number of para-hydroxylation sites is 1. The first kappa shape index (κ1) is 21.7. The zero-order chi connectivity index (χ0) is 20.7. The predicted octanol–water partition coefficient (Wildman–Crippen LogP) is 4.09. The Bertz CT molecular complexity index is 842. The normalized spacial score (nSPS) is 10.4. The number of likely N-dealkylation sites (N-methyl/N-ethyl adjacent to an activating group) is 1. The van der Waals surface area contributed by atoms with Crippen LogP contribution in [0.5, 0.6) is 0 Å². The number of thioether (sulfide) groups is 1. The lowest BCUT2D eigenvalue weighted by Crippen LogP contribution is -2.35. The van der Waals surface area contributed by atoms with Gasteiger partial charge in [-0.05, 0) is 43.4 Å². The Balaban J connectivity index is 1.84. The van der Waals surface area contributed by atoms with Crippen molar-refractivity contribution in [1.82, 2.24) is 4.90 Å². The molecule has 0 aliphatic carbocycles. The van der Waals surface area contributed by atoms with E-state index < -0.39 is 0 Å². The standard InChI is InChI=1S/C22H26N2O3S/c1-15-6-5-7-16(2)22(15)23-20(26)14-24(3)21(27)13-12-19(25)17-8-10-18(28-4)11-9-17/h5-11H,12-14H2,1-4H3,(H,23,26). The van der Waals surface area contributed by atoms with Gasteiger partial charge < -0.3 is 10.2 Å². The molecule has 0 heterocycles. The second-order valence-electron chi connectivity index (χ2n) is 6.72. The Labute approximate surface area is 170 Å². The molecule has 0 radical (unpaired) electrons. The minimum atomic E-state index is -0.257. The second kappa shape index (κ2) is 10.1. The van der Waals surface area contributed by atoms with Crippen LogP contribution in [0.25, 0.3) is 0 Å². The molecule has 0 fully saturated rings. The van der Waals surface area contributed by atoms with Crippen LogP contribution in [0.1, 0.15) is 34.3 Å². The third-order valence-electron chi connectivity index (χ3n) is 4.53. The molecule has 148 valence electrons. The van der Waals surface area contributed by atoms with Crippen molar-refractivity contribution in [3.05, 3.63) is 59.2 Å². The van der Waals surface area contributed by atoms with E-state index >= 15 is 0 Å². The summed E-state index contributed by atoms with van der Waals surface area (Å²) in [6.07, 6.45) is 2.18. The number of ketones is 1. The predicted molar refractivity (Wildman–Crippen MR) is 114 cm³/mol. The Morgan fingerprint density at radius 2 is 1.57 bits per heavy atom. The van der Waals surface area contributed by atoms with E-state index in [4.69, 9.17) is 0 Å². The van der Waals surface area contributed by atoms with Crippen LogP contribution >= 0.6 is 11.8 Å². The maximum absolute atomic E-state index is 12.3. The number of rotatable bonds is 8. The van der Waals surface area contributed by atoms with E-state index in [0.29, 0.717) is 5.56 Å². The summed E-state index contributed by atoms with van der Waals surface area (Å²) >= 11 is 1.61. The first-order valence-electron chi connectivity index (χ1n) is 9.09. The summed E-state index contributed by atoms with van der Waals surface area (Å²) < 4.78 is 0. The number of carbonyl (C=O) groups is 3. The molecule has 0 unspecified atom stereocenters. The zero-order valence-corrected chi connectivity index (χ0v) is 17.6. The SMILES string of the molecule is CSc1ccc(C(=O)CCC(=O)N(C)CC(=O)Nc2c(C)cccc2C)cc1. The molecule has 2 amide bonds. The lowest BCUT2D eigenvalue weighted by molar-refractivity contribution is -0.133. The largest absolute Gasteiger partial charge is 0.336 e. The van der Waals surface area contributed by atoms with Crippen LogP contribution in [0, 0.1) is 13.8 Å². The summed E-state index contributed by atoms with van der Waals surface area (Å²) in [5, 5.41) is 2.86. The molecule has 2 aromatic rings. The van der Waals surface area contributed by atoms with Crippen LogP contribution < -0.4 is 5.32 Å². The quantitative estimate of drug-likeness (QED) is 0.537. The van der Waals surface area contributed by atoms with E-state index in [2.05, 4.69) is 5.32 Å². The number of nitrogens with zero attached hydrogens (tertiary/aromatic N) is 1. The first-order chi connectivity index (χ1) is 13.3. The van der Waals surface area contributed by atoms with Crippen molar-refractivity contribution in [2.75, 3.05) is 25.2 Å². The van der Waals surface area contributed by atoms with E-state index in [9.17, 15) is 14.4 Å². The van der Waals surface area contributed by atoms with E-state index in [1.54, 1.807) is 30.9 Å². The first-order valence-corrected chi connectivity index (χ1v) is 10.3. The highest BCUT2D eigenvalue weighted by Gasteiger charge is 2.16. The van der Waals surface area contributed by atoms with Crippen LogP contribution in [0.4, 0.5) is 5.69 Å². The van der Waals surface area contributed by atoms with E-state index in [0.717, 1.165) is 21.7 Å². The fraction of sp³-hybridized carbons (Fsp3) is 0.318. The Morgan fingerprint density at radius 1 is 0.964 bits per heavy atom. The molecule has 28 heavy (non-hydrogen) atoms. The molecule has 0 aliphatic rings.